The third-order valence-electron chi connectivity index (χ3n) is 5.83. The van der Waals surface area contributed by atoms with E-state index in [1.807, 2.05) is 43.3 Å². The number of hydrogen-bond acceptors (Lipinski definition) is 5. The number of methoxy groups -OCH3 is 1. The van der Waals surface area contributed by atoms with Crippen LogP contribution in [-0.4, -0.2) is 30.1 Å². The Hall–Kier alpha value is -3.97. The first-order chi connectivity index (χ1) is 17.0. The Kier molecular flexibility index (Phi) is 6.09. The quantitative estimate of drug-likeness (QED) is 0.223. The van der Waals surface area contributed by atoms with Gasteiger partial charge < -0.3 is 9.47 Å². The van der Waals surface area contributed by atoms with Gasteiger partial charge in [0.25, 0.3) is 11.8 Å². The lowest BCUT2D eigenvalue weighted by molar-refractivity contribution is 0.0616. The molecule has 2 amide bonds. The number of hydrazone groups is 1. The van der Waals surface area contributed by atoms with Crippen LogP contribution in [0.15, 0.2) is 82.4 Å². The van der Waals surface area contributed by atoms with Gasteiger partial charge in [0.2, 0.25) is 0 Å². The number of benzene rings is 4. The van der Waals surface area contributed by atoms with Crippen LogP contribution < -0.4 is 9.47 Å². The van der Waals surface area contributed by atoms with E-state index in [0.717, 1.165) is 16.0 Å². The highest BCUT2D eigenvalue weighted by atomic mass is 79.9. The van der Waals surface area contributed by atoms with Gasteiger partial charge in [0.05, 0.1) is 28.9 Å². The topological polar surface area (TPSA) is 68.2 Å². The highest BCUT2D eigenvalue weighted by Crippen LogP contribution is 2.37. The maximum absolute atomic E-state index is 13.1. The largest absolute Gasteiger partial charge is 0.493 e. The van der Waals surface area contributed by atoms with Gasteiger partial charge in [-0.25, -0.2) is 0 Å². The molecule has 6 nitrogen and oxygen atoms in total. The van der Waals surface area contributed by atoms with Gasteiger partial charge in [0, 0.05) is 5.39 Å². The van der Waals surface area contributed by atoms with Crippen LogP contribution >= 0.6 is 15.9 Å². The lowest BCUT2D eigenvalue weighted by atomic mass is 9.95. The Morgan fingerprint density at radius 3 is 2.23 bits per heavy atom. The van der Waals surface area contributed by atoms with Crippen molar-refractivity contribution in [3.8, 4) is 11.5 Å². The van der Waals surface area contributed by atoms with Crippen LogP contribution in [0.1, 0.15) is 37.4 Å². The average molecular weight is 529 g/mol. The third-order valence-corrected chi connectivity index (χ3v) is 6.42. The molecule has 7 heteroatoms. The number of imide groups is 1. The summed E-state index contributed by atoms with van der Waals surface area (Å²) >= 11 is 3.54. The fraction of sp³-hybridized carbons (Fsp3) is 0.107. The molecule has 0 saturated carbocycles. The third kappa shape index (κ3) is 4.31. The van der Waals surface area contributed by atoms with Crippen molar-refractivity contribution in [1.29, 1.82) is 0 Å². The van der Waals surface area contributed by atoms with Gasteiger partial charge in [-0.15, -0.1) is 0 Å². The molecule has 1 aliphatic rings. The van der Waals surface area contributed by atoms with E-state index in [2.05, 4.69) is 21.0 Å². The van der Waals surface area contributed by atoms with Crippen LogP contribution in [-0.2, 0) is 6.61 Å². The molecule has 0 atom stereocenters. The Balaban J connectivity index is 1.41. The molecule has 0 aromatic heterocycles. The highest BCUT2D eigenvalue weighted by Gasteiger charge is 2.32. The number of ether oxygens (including phenoxy) is 2. The summed E-state index contributed by atoms with van der Waals surface area (Å²) < 4.78 is 12.2. The van der Waals surface area contributed by atoms with E-state index < -0.39 is 11.8 Å². The number of carbonyl (C=O) groups excluding carboxylic acids is 2. The molecule has 0 radical (unpaired) electrons. The monoisotopic (exact) mass is 528 g/mol. The van der Waals surface area contributed by atoms with Crippen molar-refractivity contribution in [3.63, 3.8) is 0 Å². The summed E-state index contributed by atoms with van der Waals surface area (Å²) in [7, 11) is 1.55. The molecule has 0 spiro atoms. The molecule has 35 heavy (non-hydrogen) atoms. The smallest absolute Gasteiger partial charge is 0.282 e. The summed E-state index contributed by atoms with van der Waals surface area (Å²) in [6.07, 6.45) is 1.46. The zero-order chi connectivity index (χ0) is 24.5. The summed E-state index contributed by atoms with van der Waals surface area (Å²) in [5.41, 5.74) is 3.76. The first-order valence-electron chi connectivity index (χ1n) is 11.0. The molecule has 0 N–H and O–H groups in total. The van der Waals surface area contributed by atoms with Crippen molar-refractivity contribution < 1.29 is 19.1 Å². The molecule has 4 aromatic rings. The summed E-state index contributed by atoms with van der Waals surface area (Å²) in [5, 5.41) is 6.65. The van der Waals surface area contributed by atoms with Crippen LogP contribution in [0.2, 0.25) is 0 Å². The lowest BCUT2D eigenvalue weighted by Crippen LogP contribution is -2.36. The Labute approximate surface area is 210 Å². The van der Waals surface area contributed by atoms with Gasteiger partial charge in [-0.2, -0.15) is 10.1 Å². The second-order valence-corrected chi connectivity index (χ2v) is 9.04. The maximum atomic E-state index is 13.1. The molecular weight excluding hydrogens is 508 g/mol. The van der Waals surface area contributed by atoms with E-state index in [1.54, 1.807) is 43.5 Å². The minimum atomic E-state index is -0.459. The molecule has 0 saturated heterocycles. The van der Waals surface area contributed by atoms with E-state index in [9.17, 15) is 9.59 Å². The second-order valence-electron chi connectivity index (χ2n) is 8.18. The molecule has 0 bridgehead atoms. The van der Waals surface area contributed by atoms with Crippen molar-refractivity contribution in [2.45, 2.75) is 13.5 Å². The van der Waals surface area contributed by atoms with E-state index in [0.29, 0.717) is 44.7 Å². The van der Waals surface area contributed by atoms with Gasteiger partial charge in [-0.1, -0.05) is 54.1 Å². The second kappa shape index (κ2) is 9.35. The Morgan fingerprint density at radius 1 is 0.943 bits per heavy atom. The zero-order valence-electron chi connectivity index (χ0n) is 19.1. The molecule has 0 unspecified atom stereocenters. The number of rotatable bonds is 6. The molecule has 5 rings (SSSR count). The van der Waals surface area contributed by atoms with Gasteiger partial charge in [0.1, 0.15) is 6.61 Å². The number of aryl methyl sites for hydroxylation is 1. The predicted octanol–water partition coefficient (Wildman–Crippen LogP) is 6.13. The van der Waals surface area contributed by atoms with Crippen molar-refractivity contribution in [3.05, 3.63) is 105 Å². The van der Waals surface area contributed by atoms with Crippen molar-refractivity contribution in [1.82, 2.24) is 5.01 Å². The first kappa shape index (κ1) is 22.8. The number of halogens is 1. The average Bonchev–Trinajstić information content (AvgIpc) is 2.87. The molecule has 174 valence electrons. The lowest BCUT2D eigenvalue weighted by Gasteiger charge is -2.23. The van der Waals surface area contributed by atoms with E-state index in [-0.39, 0.29) is 0 Å². The van der Waals surface area contributed by atoms with Crippen LogP contribution in [0, 0.1) is 6.92 Å². The predicted molar refractivity (Wildman–Crippen MR) is 138 cm³/mol. The molecule has 1 heterocycles. The number of hydrogen-bond donors (Lipinski definition) is 0. The Morgan fingerprint density at radius 2 is 1.60 bits per heavy atom. The normalized spacial score (nSPS) is 13.1. The van der Waals surface area contributed by atoms with Gasteiger partial charge in [0.15, 0.2) is 11.5 Å². The highest BCUT2D eigenvalue weighted by molar-refractivity contribution is 9.10. The van der Waals surface area contributed by atoms with Gasteiger partial charge >= 0.3 is 0 Å². The van der Waals surface area contributed by atoms with Crippen LogP contribution in [0.25, 0.3) is 10.8 Å². The van der Waals surface area contributed by atoms with Crippen LogP contribution in [0.3, 0.4) is 0 Å². The van der Waals surface area contributed by atoms with Crippen molar-refractivity contribution >= 4 is 44.7 Å². The van der Waals surface area contributed by atoms with Crippen LogP contribution in [0.5, 0.6) is 11.5 Å². The van der Waals surface area contributed by atoms with Gasteiger partial charge in [-0.3, -0.25) is 9.59 Å². The SMILES string of the molecule is COc1cc(C=NN2C(=O)c3cccc4cccc(c34)C2=O)cc(Br)c1OCc1ccc(C)cc1. The summed E-state index contributed by atoms with van der Waals surface area (Å²) in [5.74, 6) is 0.134. The van der Waals surface area contributed by atoms with E-state index in [1.165, 1.54) is 11.8 Å². The number of amides is 2. The van der Waals surface area contributed by atoms with Crippen LogP contribution in [0.4, 0.5) is 0 Å². The maximum Gasteiger partial charge on any atom is 0.282 e. The fourth-order valence-electron chi connectivity index (χ4n) is 4.04. The number of carbonyl (C=O) groups is 2. The summed E-state index contributed by atoms with van der Waals surface area (Å²) in [4.78, 5) is 26.1. The molecule has 0 aliphatic carbocycles. The summed E-state index contributed by atoms with van der Waals surface area (Å²) in [6.45, 7) is 2.42. The zero-order valence-corrected chi connectivity index (χ0v) is 20.7. The van der Waals surface area contributed by atoms with Crippen molar-refractivity contribution in [2.24, 2.45) is 5.10 Å². The number of nitrogens with zero attached hydrogens (tertiary/aromatic N) is 2. The minimum absolute atomic E-state index is 0.379. The fourth-order valence-corrected chi connectivity index (χ4v) is 4.62. The first-order valence-corrected chi connectivity index (χ1v) is 11.8. The molecule has 4 aromatic carbocycles. The molecule has 1 aliphatic heterocycles. The van der Waals surface area contributed by atoms with Gasteiger partial charge in [-0.05, 0) is 63.6 Å². The van der Waals surface area contributed by atoms with E-state index >= 15 is 0 Å². The minimum Gasteiger partial charge on any atom is -0.493 e. The Bertz CT molecular complexity index is 1440. The van der Waals surface area contributed by atoms with Crippen molar-refractivity contribution in [2.75, 3.05) is 7.11 Å². The van der Waals surface area contributed by atoms with E-state index in [4.69, 9.17) is 9.47 Å². The summed E-state index contributed by atoms with van der Waals surface area (Å²) in [6, 6.07) is 22.4. The standard InChI is InChI=1S/C28H21BrN2O4/c1-17-9-11-18(12-10-17)16-35-26-23(29)13-19(14-24(26)34-2)15-30-31-27(32)21-7-3-5-20-6-4-8-22(25(20)21)28(31)33/h3-15H,16H2,1-2H3. The molecular formula is C28H21BrN2O4. The molecule has 0 fully saturated rings.